The third-order valence-corrected chi connectivity index (χ3v) is 7.16. The van der Waals surface area contributed by atoms with Crippen molar-refractivity contribution in [1.82, 2.24) is 30.5 Å². The maximum absolute atomic E-state index is 13.4. The fraction of sp³-hybridized carbons (Fsp3) is 0.462. The molecule has 5 rings (SSSR count). The van der Waals surface area contributed by atoms with Gasteiger partial charge in [-0.2, -0.15) is 13.2 Å². The number of amides is 1. The summed E-state index contributed by atoms with van der Waals surface area (Å²) in [4.78, 5) is 27.0. The van der Waals surface area contributed by atoms with Crippen LogP contribution in [-0.2, 0) is 10.9 Å². The number of hydrogen-bond acceptors (Lipinski definition) is 8. The minimum Gasteiger partial charge on any atom is -0.474 e. The number of alkyl halides is 3. The van der Waals surface area contributed by atoms with Gasteiger partial charge in [-0.3, -0.25) is 9.69 Å². The van der Waals surface area contributed by atoms with Crippen molar-refractivity contribution in [1.29, 1.82) is 0 Å². The summed E-state index contributed by atoms with van der Waals surface area (Å²) >= 11 is 6.45. The van der Waals surface area contributed by atoms with Crippen LogP contribution in [0.3, 0.4) is 0 Å². The van der Waals surface area contributed by atoms with Crippen LogP contribution in [0.25, 0.3) is 10.9 Å². The van der Waals surface area contributed by atoms with Crippen LogP contribution in [0, 0.1) is 0 Å². The zero-order valence-corrected chi connectivity index (χ0v) is 21.8. The fourth-order valence-corrected chi connectivity index (χ4v) is 5.07. The number of rotatable bonds is 7. The van der Waals surface area contributed by atoms with Gasteiger partial charge in [-0.15, -0.1) is 0 Å². The molecule has 39 heavy (non-hydrogen) atoms. The molecule has 13 heteroatoms. The number of benzene rings is 1. The summed E-state index contributed by atoms with van der Waals surface area (Å²) in [5.41, 5.74) is 1.28. The number of carbonyl (C=O) groups excluding carboxylic acids is 1. The first-order valence-corrected chi connectivity index (χ1v) is 13.1. The predicted octanol–water partition coefficient (Wildman–Crippen LogP) is 3.63. The summed E-state index contributed by atoms with van der Waals surface area (Å²) in [6, 6.07) is 6.39. The molecule has 2 aliphatic rings. The Morgan fingerprint density at radius 2 is 1.87 bits per heavy atom. The minimum atomic E-state index is -4.64. The highest BCUT2D eigenvalue weighted by Crippen LogP contribution is 2.29. The Kier molecular flexibility index (Phi) is 8.46. The van der Waals surface area contributed by atoms with E-state index in [0.717, 1.165) is 38.3 Å². The van der Waals surface area contributed by atoms with E-state index in [1.54, 1.807) is 24.3 Å². The lowest BCUT2D eigenvalue weighted by Gasteiger charge is -2.34. The van der Waals surface area contributed by atoms with Gasteiger partial charge in [0.15, 0.2) is 0 Å². The van der Waals surface area contributed by atoms with Crippen molar-refractivity contribution in [2.45, 2.75) is 31.2 Å². The Bertz CT molecular complexity index is 1300. The molecular weight excluding hydrogens is 537 g/mol. The van der Waals surface area contributed by atoms with E-state index in [1.807, 2.05) is 4.90 Å². The monoisotopic (exact) mass is 564 g/mol. The number of fused-ring (bicyclic) bond motifs is 1. The summed E-state index contributed by atoms with van der Waals surface area (Å²) in [5, 5.41) is 7.03. The van der Waals surface area contributed by atoms with E-state index in [-0.39, 0.29) is 23.2 Å². The zero-order valence-electron chi connectivity index (χ0n) is 21.0. The molecule has 0 saturated carbocycles. The number of hydrogen-bond donors (Lipinski definition) is 2. The molecule has 1 unspecified atom stereocenters. The highest BCUT2D eigenvalue weighted by Gasteiger charge is 2.35. The van der Waals surface area contributed by atoms with E-state index in [2.05, 4.69) is 25.6 Å². The van der Waals surface area contributed by atoms with Crippen LogP contribution in [0.2, 0.25) is 5.02 Å². The second-order valence-electron chi connectivity index (χ2n) is 9.42. The molecule has 3 aromatic rings. The summed E-state index contributed by atoms with van der Waals surface area (Å²) in [6.07, 6.45) is -0.469. The second kappa shape index (κ2) is 12.0. The number of pyridine rings is 1. The van der Waals surface area contributed by atoms with Crippen molar-refractivity contribution in [3.63, 3.8) is 0 Å². The van der Waals surface area contributed by atoms with Crippen LogP contribution in [0.4, 0.5) is 13.2 Å². The smallest absolute Gasteiger partial charge is 0.451 e. The summed E-state index contributed by atoms with van der Waals surface area (Å²) in [7, 11) is 0. The van der Waals surface area contributed by atoms with Crippen molar-refractivity contribution in [3.8, 4) is 5.88 Å². The van der Waals surface area contributed by atoms with Gasteiger partial charge in [0, 0.05) is 49.0 Å². The molecule has 9 nitrogen and oxygen atoms in total. The Balaban J connectivity index is 1.35. The molecule has 1 amide bonds. The number of morpholine rings is 1. The number of aromatic nitrogens is 3. The van der Waals surface area contributed by atoms with Crippen LogP contribution in [0.1, 0.15) is 40.6 Å². The van der Waals surface area contributed by atoms with E-state index >= 15 is 0 Å². The zero-order chi connectivity index (χ0) is 27.4. The van der Waals surface area contributed by atoms with Gasteiger partial charge in [0.2, 0.25) is 11.7 Å². The Labute approximate surface area is 228 Å². The van der Waals surface area contributed by atoms with Crippen LogP contribution >= 0.6 is 11.6 Å². The fourth-order valence-electron chi connectivity index (χ4n) is 4.82. The summed E-state index contributed by atoms with van der Waals surface area (Å²) in [5.74, 6) is -1.15. The first-order chi connectivity index (χ1) is 18.8. The van der Waals surface area contributed by atoms with Gasteiger partial charge >= 0.3 is 6.18 Å². The average molecular weight is 565 g/mol. The maximum atomic E-state index is 13.4. The van der Waals surface area contributed by atoms with Crippen molar-refractivity contribution in [3.05, 3.63) is 58.6 Å². The predicted molar refractivity (Wildman–Crippen MR) is 138 cm³/mol. The van der Waals surface area contributed by atoms with Gasteiger partial charge in [-0.05, 0) is 44.1 Å². The highest BCUT2D eigenvalue weighted by atomic mass is 35.5. The van der Waals surface area contributed by atoms with Gasteiger partial charge in [0.25, 0.3) is 5.91 Å². The summed E-state index contributed by atoms with van der Waals surface area (Å²) < 4.78 is 50.4. The quantitative estimate of drug-likeness (QED) is 0.449. The molecule has 1 aromatic carbocycles. The normalized spacial score (nSPS) is 18.2. The van der Waals surface area contributed by atoms with E-state index in [9.17, 15) is 18.0 Å². The largest absolute Gasteiger partial charge is 0.474 e. The maximum Gasteiger partial charge on any atom is 0.451 e. The third kappa shape index (κ3) is 6.57. The number of ether oxygens (including phenoxy) is 2. The topological polar surface area (TPSA) is 102 Å². The molecule has 208 valence electrons. The standard InChI is InChI=1S/C26H28ClF3N6O3/c27-19-2-3-20-18(1-4-22(35-20)39-17-5-7-31-8-6-17)23(19)24(37)32-15-21(36-9-11-38-12-10-36)16-13-33-25(34-14-16)26(28,29)30/h1-4,13-14,17,21,31H,5-12,15H2,(H,32,37). The number of halogens is 4. The number of piperidine rings is 1. The molecule has 2 aromatic heterocycles. The van der Waals surface area contributed by atoms with Crippen molar-refractivity contribution in [2.75, 3.05) is 45.9 Å². The van der Waals surface area contributed by atoms with Gasteiger partial charge < -0.3 is 20.1 Å². The lowest BCUT2D eigenvalue weighted by Crippen LogP contribution is -2.44. The molecule has 2 saturated heterocycles. The molecule has 0 spiro atoms. The molecule has 0 aliphatic carbocycles. The first kappa shape index (κ1) is 27.5. The van der Waals surface area contributed by atoms with E-state index in [1.165, 1.54) is 0 Å². The molecule has 2 aliphatic heterocycles. The van der Waals surface area contributed by atoms with Crippen LogP contribution in [0.15, 0.2) is 36.7 Å². The van der Waals surface area contributed by atoms with Crippen molar-refractivity contribution >= 4 is 28.4 Å². The lowest BCUT2D eigenvalue weighted by atomic mass is 10.1. The molecule has 0 radical (unpaired) electrons. The third-order valence-electron chi connectivity index (χ3n) is 6.85. The van der Waals surface area contributed by atoms with Gasteiger partial charge in [0.1, 0.15) is 6.10 Å². The molecular formula is C26H28ClF3N6O3. The van der Waals surface area contributed by atoms with E-state index in [4.69, 9.17) is 21.1 Å². The van der Waals surface area contributed by atoms with Crippen molar-refractivity contribution < 1.29 is 27.4 Å². The molecule has 4 heterocycles. The molecule has 0 bridgehead atoms. The lowest BCUT2D eigenvalue weighted by molar-refractivity contribution is -0.145. The summed E-state index contributed by atoms with van der Waals surface area (Å²) in [6.45, 7) is 3.90. The second-order valence-corrected chi connectivity index (χ2v) is 9.82. The molecule has 2 fully saturated rings. The molecule has 2 N–H and O–H groups in total. The number of nitrogens with one attached hydrogen (secondary N) is 2. The Morgan fingerprint density at radius 1 is 1.15 bits per heavy atom. The van der Waals surface area contributed by atoms with Gasteiger partial charge in [-0.25, -0.2) is 15.0 Å². The number of nitrogens with zero attached hydrogens (tertiary/aromatic N) is 4. The van der Waals surface area contributed by atoms with Crippen LogP contribution in [-0.4, -0.2) is 77.8 Å². The SMILES string of the molecule is O=C(NCC(c1cnc(C(F)(F)F)nc1)N1CCOCC1)c1c(Cl)ccc2nc(OC3CCNCC3)ccc12. The Morgan fingerprint density at radius 3 is 2.56 bits per heavy atom. The first-order valence-electron chi connectivity index (χ1n) is 12.8. The van der Waals surface area contributed by atoms with Crippen molar-refractivity contribution in [2.24, 2.45) is 0 Å². The van der Waals surface area contributed by atoms with Gasteiger partial charge in [0.05, 0.1) is 35.4 Å². The van der Waals surface area contributed by atoms with Gasteiger partial charge in [-0.1, -0.05) is 11.6 Å². The van der Waals surface area contributed by atoms with E-state index in [0.29, 0.717) is 48.6 Å². The highest BCUT2D eigenvalue weighted by molar-refractivity contribution is 6.35. The van der Waals surface area contributed by atoms with E-state index < -0.39 is 23.9 Å². The van der Waals surface area contributed by atoms with Crippen LogP contribution in [0.5, 0.6) is 5.88 Å². The average Bonchev–Trinajstić information content (AvgIpc) is 2.94. The van der Waals surface area contributed by atoms with Crippen LogP contribution < -0.4 is 15.4 Å². The number of carbonyl (C=O) groups is 1. The Hall–Kier alpha value is -3.06. The minimum absolute atomic E-state index is 0.0811. The molecule has 1 atom stereocenters.